The fraction of sp³-hybridized carbons (Fsp3) is 0.389. The number of hydrogen-bond donors (Lipinski definition) is 1. The van der Waals surface area contributed by atoms with Crippen LogP contribution in [-0.4, -0.2) is 22.4 Å². The van der Waals surface area contributed by atoms with Crippen LogP contribution in [0.25, 0.3) is 6.08 Å². The van der Waals surface area contributed by atoms with Crippen LogP contribution in [0.1, 0.15) is 43.0 Å². The third-order valence-electron chi connectivity index (χ3n) is 4.33. The van der Waals surface area contributed by atoms with Crippen molar-refractivity contribution in [3.63, 3.8) is 0 Å². The Morgan fingerprint density at radius 2 is 2.00 bits per heavy atom. The first-order chi connectivity index (χ1) is 12.8. The fourth-order valence-electron chi connectivity index (χ4n) is 3.16. The van der Waals surface area contributed by atoms with Crippen molar-refractivity contribution in [2.45, 2.75) is 44.5 Å². The first-order valence-corrected chi connectivity index (χ1v) is 8.43. The summed E-state index contributed by atoms with van der Waals surface area (Å²) in [5.74, 6) is -0.0149. The van der Waals surface area contributed by atoms with Crippen molar-refractivity contribution in [1.29, 1.82) is 0 Å². The van der Waals surface area contributed by atoms with Gasteiger partial charge in [0.15, 0.2) is 5.82 Å². The number of rotatable bonds is 5. The molecule has 2 aromatic rings. The van der Waals surface area contributed by atoms with Crippen LogP contribution in [0, 0.1) is 6.92 Å². The number of aryl methyl sites for hydroxylation is 1. The van der Waals surface area contributed by atoms with Gasteiger partial charge in [-0.15, -0.1) is 13.2 Å². The Hall–Kier alpha value is -2.84. The quantitative estimate of drug-likeness (QED) is 0.796. The molecule has 0 saturated heterocycles. The topological polar surface area (TPSA) is 77.2 Å². The number of amides is 1. The number of carbonyl (C=O) groups excluding carboxylic acids is 1. The molecule has 6 nitrogen and oxygen atoms in total. The maximum Gasteiger partial charge on any atom is 0.573 e. The molecule has 27 heavy (non-hydrogen) atoms. The molecular formula is C18H18F3N3O3. The standard InChI is InChI=1S/C18H18F3N3O3/c1-12-22-16(24-27-12)17(10-4-5-11-17)23-15(25)9-8-13-6-2-3-7-14(13)26-18(19,20)21/h2-3,6-9H,4-5,10-11H2,1H3,(H,23,25)/b9-8+. The molecule has 0 aliphatic heterocycles. The molecule has 0 spiro atoms. The van der Waals surface area contributed by atoms with Gasteiger partial charge in [0.05, 0.1) is 0 Å². The molecule has 0 unspecified atom stereocenters. The number of para-hydroxylation sites is 1. The number of nitrogens with zero attached hydrogens (tertiary/aromatic N) is 2. The van der Waals surface area contributed by atoms with Gasteiger partial charge in [0.25, 0.3) is 0 Å². The van der Waals surface area contributed by atoms with Gasteiger partial charge < -0.3 is 14.6 Å². The van der Waals surface area contributed by atoms with Gasteiger partial charge in [-0.05, 0) is 25.0 Å². The normalized spacial score (nSPS) is 16.6. The largest absolute Gasteiger partial charge is 0.573 e. The molecule has 0 radical (unpaired) electrons. The van der Waals surface area contributed by atoms with Crippen LogP contribution < -0.4 is 10.1 Å². The molecule has 3 rings (SSSR count). The van der Waals surface area contributed by atoms with Gasteiger partial charge in [0, 0.05) is 18.6 Å². The molecular weight excluding hydrogens is 363 g/mol. The van der Waals surface area contributed by atoms with Crippen molar-refractivity contribution in [2.75, 3.05) is 0 Å². The van der Waals surface area contributed by atoms with Crippen LogP contribution in [0.4, 0.5) is 13.2 Å². The van der Waals surface area contributed by atoms with E-state index >= 15 is 0 Å². The van der Waals surface area contributed by atoms with E-state index in [0.717, 1.165) is 12.8 Å². The maximum atomic E-state index is 12.5. The van der Waals surface area contributed by atoms with Gasteiger partial charge in [-0.2, -0.15) is 4.98 Å². The predicted octanol–water partition coefficient (Wildman–Crippen LogP) is 3.88. The number of ether oxygens (including phenoxy) is 1. The zero-order valence-electron chi connectivity index (χ0n) is 14.5. The molecule has 9 heteroatoms. The number of nitrogens with one attached hydrogen (secondary N) is 1. The minimum atomic E-state index is -4.81. The summed E-state index contributed by atoms with van der Waals surface area (Å²) in [5.41, 5.74) is -0.581. The first kappa shape index (κ1) is 18.9. The van der Waals surface area contributed by atoms with Crippen LogP contribution in [0.5, 0.6) is 5.75 Å². The van der Waals surface area contributed by atoms with Crippen LogP contribution >= 0.6 is 0 Å². The Labute approximate surface area is 153 Å². The highest BCUT2D eigenvalue weighted by atomic mass is 19.4. The highest BCUT2D eigenvalue weighted by Crippen LogP contribution is 2.37. The van der Waals surface area contributed by atoms with Gasteiger partial charge in [-0.3, -0.25) is 4.79 Å². The number of carbonyl (C=O) groups is 1. The summed E-state index contributed by atoms with van der Waals surface area (Å²) in [7, 11) is 0. The molecule has 1 aromatic carbocycles. The lowest BCUT2D eigenvalue weighted by molar-refractivity contribution is -0.274. The average molecular weight is 381 g/mol. The monoisotopic (exact) mass is 381 g/mol. The van der Waals surface area contributed by atoms with E-state index in [2.05, 4.69) is 20.2 Å². The van der Waals surface area contributed by atoms with Crippen molar-refractivity contribution < 1.29 is 27.2 Å². The molecule has 1 aliphatic rings. The van der Waals surface area contributed by atoms with Gasteiger partial charge in [-0.1, -0.05) is 36.2 Å². The molecule has 1 saturated carbocycles. The Kier molecular flexibility index (Phi) is 5.20. The molecule has 0 atom stereocenters. The fourth-order valence-corrected chi connectivity index (χ4v) is 3.16. The SMILES string of the molecule is Cc1nc(C2(NC(=O)/C=C/c3ccccc3OC(F)(F)F)CCCC2)no1. The second-order valence-corrected chi connectivity index (χ2v) is 6.33. The van der Waals surface area contributed by atoms with E-state index < -0.39 is 17.8 Å². The van der Waals surface area contributed by atoms with Crippen molar-refractivity contribution in [2.24, 2.45) is 0 Å². The second-order valence-electron chi connectivity index (χ2n) is 6.33. The maximum absolute atomic E-state index is 12.5. The summed E-state index contributed by atoms with van der Waals surface area (Å²) in [5, 5.41) is 6.81. The van der Waals surface area contributed by atoms with Crippen LogP contribution in [0.15, 0.2) is 34.9 Å². The molecule has 1 heterocycles. The van der Waals surface area contributed by atoms with Crippen LogP contribution in [0.2, 0.25) is 0 Å². The summed E-state index contributed by atoms with van der Waals surface area (Å²) in [4.78, 5) is 16.6. The van der Waals surface area contributed by atoms with Crippen molar-refractivity contribution in [3.05, 3.63) is 47.6 Å². The molecule has 144 valence electrons. The number of aromatic nitrogens is 2. The zero-order valence-corrected chi connectivity index (χ0v) is 14.5. The summed E-state index contributed by atoms with van der Waals surface area (Å²) in [6, 6.07) is 5.59. The van der Waals surface area contributed by atoms with E-state index in [4.69, 9.17) is 4.52 Å². The molecule has 1 N–H and O–H groups in total. The van der Waals surface area contributed by atoms with E-state index in [9.17, 15) is 18.0 Å². The lowest BCUT2D eigenvalue weighted by Crippen LogP contribution is -2.44. The lowest BCUT2D eigenvalue weighted by Gasteiger charge is -2.26. The lowest BCUT2D eigenvalue weighted by atomic mass is 9.96. The molecule has 1 aliphatic carbocycles. The minimum absolute atomic E-state index is 0.140. The Bertz CT molecular complexity index is 840. The van der Waals surface area contributed by atoms with Gasteiger partial charge >= 0.3 is 6.36 Å². The van der Waals surface area contributed by atoms with Crippen molar-refractivity contribution >= 4 is 12.0 Å². The highest BCUT2D eigenvalue weighted by molar-refractivity contribution is 5.92. The van der Waals surface area contributed by atoms with E-state index in [1.165, 1.54) is 30.4 Å². The molecule has 1 aromatic heterocycles. The Morgan fingerprint density at radius 1 is 1.30 bits per heavy atom. The third kappa shape index (κ3) is 4.66. The minimum Gasteiger partial charge on any atom is -0.405 e. The first-order valence-electron chi connectivity index (χ1n) is 8.43. The van der Waals surface area contributed by atoms with Crippen molar-refractivity contribution in [1.82, 2.24) is 15.5 Å². The summed E-state index contributed by atoms with van der Waals surface area (Å²) < 4.78 is 46.4. The smallest absolute Gasteiger partial charge is 0.405 e. The van der Waals surface area contributed by atoms with Gasteiger partial charge in [0.1, 0.15) is 11.3 Å². The van der Waals surface area contributed by atoms with Gasteiger partial charge in [-0.25, -0.2) is 0 Å². The summed E-state index contributed by atoms with van der Waals surface area (Å²) >= 11 is 0. The van der Waals surface area contributed by atoms with Gasteiger partial charge in [0.2, 0.25) is 11.8 Å². The number of alkyl halides is 3. The van der Waals surface area contributed by atoms with E-state index in [1.54, 1.807) is 13.0 Å². The molecule has 1 fully saturated rings. The van der Waals surface area contributed by atoms with E-state index in [1.807, 2.05) is 0 Å². The number of benzene rings is 1. The highest BCUT2D eigenvalue weighted by Gasteiger charge is 2.40. The number of halogens is 3. The Morgan fingerprint density at radius 3 is 2.63 bits per heavy atom. The number of hydrogen-bond acceptors (Lipinski definition) is 5. The average Bonchev–Trinajstić information content (AvgIpc) is 3.22. The molecule has 1 amide bonds. The summed E-state index contributed by atoms with van der Waals surface area (Å²) in [6.07, 6.45) is 0.779. The van der Waals surface area contributed by atoms with E-state index in [-0.39, 0.29) is 11.3 Å². The van der Waals surface area contributed by atoms with E-state index in [0.29, 0.717) is 24.6 Å². The summed E-state index contributed by atoms with van der Waals surface area (Å²) in [6.45, 7) is 1.67. The predicted molar refractivity (Wildman–Crippen MR) is 89.5 cm³/mol. The second kappa shape index (κ2) is 7.42. The van der Waals surface area contributed by atoms with Crippen LogP contribution in [0.3, 0.4) is 0 Å². The van der Waals surface area contributed by atoms with Crippen LogP contribution in [-0.2, 0) is 10.3 Å². The third-order valence-corrected chi connectivity index (χ3v) is 4.33. The zero-order chi connectivity index (χ0) is 19.5. The molecule has 0 bridgehead atoms. The Balaban J connectivity index is 1.75. The van der Waals surface area contributed by atoms with Crippen molar-refractivity contribution in [3.8, 4) is 5.75 Å².